The molecular formula is C25H34Cl2N4S. The predicted octanol–water partition coefficient (Wildman–Crippen LogP) is 4.57. The van der Waals surface area contributed by atoms with Gasteiger partial charge in [0.25, 0.3) is 0 Å². The Kier molecular flexibility index (Phi) is 9.18. The summed E-state index contributed by atoms with van der Waals surface area (Å²) in [5, 5.41) is 1.96. The highest BCUT2D eigenvalue weighted by atomic mass is 35.5. The van der Waals surface area contributed by atoms with Crippen molar-refractivity contribution in [1.82, 2.24) is 19.6 Å². The van der Waals surface area contributed by atoms with E-state index >= 15 is 0 Å². The molecular weight excluding hydrogens is 459 g/mol. The number of thiol groups is 1. The minimum absolute atomic E-state index is 0.347. The minimum atomic E-state index is 0.347. The lowest BCUT2D eigenvalue weighted by Crippen LogP contribution is -2.50. The minimum Gasteiger partial charge on any atom is -0.301 e. The van der Waals surface area contributed by atoms with Crippen LogP contribution in [0.3, 0.4) is 0 Å². The SMILES string of the molecule is SC(CCN1CCN(Cc2ccc(Cl)cc2)CC1)N1CCN(Cc2ccc(Cl)cc2)CC1. The van der Waals surface area contributed by atoms with Gasteiger partial charge in [-0.3, -0.25) is 14.7 Å². The molecule has 0 spiro atoms. The summed E-state index contributed by atoms with van der Waals surface area (Å²) >= 11 is 16.9. The molecule has 4 nitrogen and oxygen atoms in total. The number of piperazine rings is 2. The van der Waals surface area contributed by atoms with E-state index in [1.807, 2.05) is 24.3 Å². The molecule has 1 atom stereocenters. The van der Waals surface area contributed by atoms with Gasteiger partial charge in [0.05, 0.1) is 5.37 Å². The van der Waals surface area contributed by atoms with Crippen LogP contribution in [0.1, 0.15) is 17.5 Å². The Hall–Kier alpha value is -0.790. The first kappa shape index (κ1) is 24.3. The van der Waals surface area contributed by atoms with Gasteiger partial charge in [0, 0.05) is 82.0 Å². The number of rotatable bonds is 8. The highest BCUT2D eigenvalue weighted by Gasteiger charge is 2.23. The maximum Gasteiger partial charge on any atom is 0.0540 e. The van der Waals surface area contributed by atoms with Gasteiger partial charge < -0.3 is 4.90 Å². The second kappa shape index (κ2) is 12.1. The van der Waals surface area contributed by atoms with Crippen LogP contribution in [0.5, 0.6) is 0 Å². The Labute approximate surface area is 208 Å². The van der Waals surface area contributed by atoms with E-state index in [1.165, 1.54) is 11.1 Å². The van der Waals surface area contributed by atoms with Crippen LogP contribution >= 0.6 is 35.8 Å². The van der Waals surface area contributed by atoms with Crippen LogP contribution in [0.15, 0.2) is 48.5 Å². The van der Waals surface area contributed by atoms with Gasteiger partial charge in [-0.15, -0.1) is 0 Å². The van der Waals surface area contributed by atoms with E-state index in [0.29, 0.717) is 5.37 Å². The Bertz CT molecular complexity index is 817. The zero-order chi connectivity index (χ0) is 22.3. The summed E-state index contributed by atoms with van der Waals surface area (Å²) in [6.45, 7) is 12.1. The molecule has 2 saturated heterocycles. The lowest BCUT2D eigenvalue weighted by atomic mass is 10.2. The molecule has 174 valence electrons. The first-order chi connectivity index (χ1) is 15.5. The topological polar surface area (TPSA) is 13.0 Å². The summed E-state index contributed by atoms with van der Waals surface area (Å²) in [4.78, 5) is 10.2. The molecule has 0 amide bonds. The van der Waals surface area contributed by atoms with E-state index in [-0.39, 0.29) is 0 Å². The van der Waals surface area contributed by atoms with Gasteiger partial charge in [-0.05, 0) is 41.8 Å². The maximum atomic E-state index is 6.00. The summed E-state index contributed by atoms with van der Waals surface area (Å²) in [6.07, 6.45) is 1.12. The highest BCUT2D eigenvalue weighted by Crippen LogP contribution is 2.17. The fourth-order valence-electron chi connectivity index (χ4n) is 4.57. The Balaban J connectivity index is 1.12. The van der Waals surface area contributed by atoms with E-state index in [2.05, 4.69) is 43.9 Å². The zero-order valence-electron chi connectivity index (χ0n) is 18.7. The van der Waals surface area contributed by atoms with Crippen LogP contribution in [0, 0.1) is 0 Å². The normalized spacial score (nSPS) is 20.5. The fourth-order valence-corrected chi connectivity index (χ4v) is 5.17. The summed E-state index contributed by atoms with van der Waals surface area (Å²) in [5.74, 6) is 0. The van der Waals surface area contributed by atoms with Crippen LogP contribution in [-0.4, -0.2) is 83.9 Å². The van der Waals surface area contributed by atoms with Gasteiger partial charge in [-0.1, -0.05) is 47.5 Å². The Morgan fingerprint density at radius 3 is 1.50 bits per heavy atom. The number of hydrogen-bond acceptors (Lipinski definition) is 5. The summed E-state index contributed by atoms with van der Waals surface area (Å²) < 4.78 is 0. The standard InChI is InChI=1S/C25H34Cl2N4S/c26-23-5-1-21(2-6-23)19-29-13-11-28(12-14-29)10-9-25(32)31-17-15-30(16-18-31)20-22-3-7-24(27)8-4-22/h1-8,25,32H,9-20H2. The molecule has 0 aliphatic carbocycles. The van der Waals surface area contributed by atoms with Gasteiger partial charge in [0.15, 0.2) is 0 Å². The third-order valence-electron chi connectivity index (χ3n) is 6.64. The largest absolute Gasteiger partial charge is 0.301 e. The van der Waals surface area contributed by atoms with Crippen molar-refractivity contribution in [2.75, 3.05) is 58.9 Å². The molecule has 2 aromatic rings. The molecule has 0 N–H and O–H groups in total. The third kappa shape index (κ3) is 7.36. The molecule has 2 heterocycles. The van der Waals surface area contributed by atoms with E-state index in [4.69, 9.17) is 35.8 Å². The Morgan fingerprint density at radius 2 is 1.03 bits per heavy atom. The number of benzene rings is 2. The molecule has 2 aliphatic rings. The van der Waals surface area contributed by atoms with E-state index in [0.717, 1.165) is 88.5 Å². The smallest absolute Gasteiger partial charge is 0.0540 e. The van der Waals surface area contributed by atoms with Crippen molar-refractivity contribution in [3.8, 4) is 0 Å². The second-order valence-electron chi connectivity index (χ2n) is 8.95. The summed E-state index contributed by atoms with van der Waals surface area (Å²) in [6, 6.07) is 16.5. The van der Waals surface area contributed by atoms with Crippen molar-refractivity contribution < 1.29 is 0 Å². The van der Waals surface area contributed by atoms with Gasteiger partial charge in [-0.25, -0.2) is 0 Å². The van der Waals surface area contributed by atoms with Crippen molar-refractivity contribution in [3.05, 3.63) is 69.7 Å². The molecule has 0 bridgehead atoms. The maximum absolute atomic E-state index is 6.00. The van der Waals surface area contributed by atoms with E-state index < -0.39 is 0 Å². The number of halogens is 2. The fraction of sp³-hybridized carbons (Fsp3) is 0.520. The van der Waals surface area contributed by atoms with Gasteiger partial charge >= 0.3 is 0 Å². The van der Waals surface area contributed by atoms with Gasteiger partial charge in [0.1, 0.15) is 0 Å². The predicted molar refractivity (Wildman–Crippen MR) is 139 cm³/mol. The van der Waals surface area contributed by atoms with Crippen LogP contribution < -0.4 is 0 Å². The van der Waals surface area contributed by atoms with Crippen LogP contribution in [0.2, 0.25) is 10.0 Å². The average Bonchev–Trinajstić information content (AvgIpc) is 2.82. The summed E-state index contributed by atoms with van der Waals surface area (Å²) in [7, 11) is 0. The van der Waals surface area contributed by atoms with E-state index in [9.17, 15) is 0 Å². The van der Waals surface area contributed by atoms with Crippen molar-refractivity contribution in [1.29, 1.82) is 0 Å². The van der Waals surface area contributed by atoms with Crippen LogP contribution in [0.4, 0.5) is 0 Å². The third-order valence-corrected chi connectivity index (χ3v) is 7.72. The van der Waals surface area contributed by atoms with Crippen molar-refractivity contribution in [2.45, 2.75) is 24.9 Å². The molecule has 2 aromatic carbocycles. The monoisotopic (exact) mass is 492 g/mol. The second-order valence-corrected chi connectivity index (χ2v) is 10.4. The molecule has 0 saturated carbocycles. The lowest BCUT2D eigenvalue weighted by molar-refractivity contribution is 0.0985. The quantitative estimate of drug-likeness (QED) is 0.541. The number of nitrogens with zero attached hydrogens (tertiary/aromatic N) is 4. The molecule has 0 radical (unpaired) electrons. The number of hydrogen-bond donors (Lipinski definition) is 1. The van der Waals surface area contributed by atoms with Crippen LogP contribution in [-0.2, 0) is 13.1 Å². The first-order valence-corrected chi connectivity index (χ1v) is 12.9. The Morgan fingerprint density at radius 1 is 0.625 bits per heavy atom. The summed E-state index contributed by atoms with van der Waals surface area (Å²) in [5.41, 5.74) is 2.67. The van der Waals surface area contributed by atoms with Crippen LogP contribution in [0.25, 0.3) is 0 Å². The molecule has 2 fully saturated rings. The molecule has 0 aromatic heterocycles. The molecule has 1 unspecified atom stereocenters. The first-order valence-electron chi connectivity index (χ1n) is 11.6. The highest BCUT2D eigenvalue weighted by molar-refractivity contribution is 7.80. The molecule has 32 heavy (non-hydrogen) atoms. The molecule has 4 rings (SSSR count). The molecule has 7 heteroatoms. The zero-order valence-corrected chi connectivity index (χ0v) is 21.1. The van der Waals surface area contributed by atoms with Gasteiger partial charge in [0.2, 0.25) is 0 Å². The van der Waals surface area contributed by atoms with Crippen molar-refractivity contribution in [3.63, 3.8) is 0 Å². The van der Waals surface area contributed by atoms with E-state index in [1.54, 1.807) is 0 Å². The van der Waals surface area contributed by atoms with Crippen molar-refractivity contribution >= 4 is 35.8 Å². The molecule has 2 aliphatic heterocycles. The van der Waals surface area contributed by atoms with Crippen molar-refractivity contribution in [2.24, 2.45) is 0 Å². The van der Waals surface area contributed by atoms with Gasteiger partial charge in [-0.2, -0.15) is 12.6 Å². The lowest BCUT2D eigenvalue weighted by Gasteiger charge is -2.39. The average molecular weight is 494 g/mol.